The lowest BCUT2D eigenvalue weighted by Crippen LogP contribution is -2.45. The van der Waals surface area contributed by atoms with E-state index in [9.17, 15) is 14.7 Å². The van der Waals surface area contributed by atoms with E-state index in [-0.39, 0.29) is 12.2 Å². The number of amides is 2. The summed E-state index contributed by atoms with van der Waals surface area (Å²) in [6, 6.07) is 9.16. The predicted octanol–water partition coefficient (Wildman–Crippen LogP) is 3.17. The summed E-state index contributed by atoms with van der Waals surface area (Å²) in [5.41, 5.74) is 4.60. The normalized spacial score (nSPS) is 15.4. The number of hydrazone groups is 1. The van der Waals surface area contributed by atoms with E-state index in [1.807, 2.05) is 13.8 Å². The predicted molar refractivity (Wildman–Crippen MR) is 152 cm³/mol. The SMILES string of the molecule is C=CCOc1ccc(/C=N\N[C@H](O)COc2ccc([C@H]3NC(=O)NC(C)=C3C(=O)OC)cc2OCC)cc1OCC. The first-order chi connectivity index (χ1) is 19.8. The van der Waals surface area contributed by atoms with Crippen LogP contribution in [0.15, 0.2) is 65.4 Å². The van der Waals surface area contributed by atoms with E-state index in [1.165, 1.54) is 13.3 Å². The number of urea groups is 1. The summed E-state index contributed by atoms with van der Waals surface area (Å²) >= 11 is 0. The minimum atomic E-state index is -1.14. The van der Waals surface area contributed by atoms with Gasteiger partial charge in [-0.3, -0.25) is 5.43 Å². The molecule has 1 aliphatic heterocycles. The van der Waals surface area contributed by atoms with Gasteiger partial charge in [0.2, 0.25) is 0 Å². The molecule has 220 valence electrons. The molecule has 0 spiro atoms. The largest absolute Gasteiger partial charge is 0.490 e. The number of ether oxygens (including phenoxy) is 5. The molecule has 2 aromatic carbocycles. The van der Waals surface area contributed by atoms with Gasteiger partial charge in [-0.05, 0) is 62.2 Å². The lowest BCUT2D eigenvalue weighted by Gasteiger charge is -2.28. The van der Waals surface area contributed by atoms with Gasteiger partial charge in [0.1, 0.15) is 13.2 Å². The summed E-state index contributed by atoms with van der Waals surface area (Å²) in [6.07, 6.45) is 2.05. The zero-order valence-electron chi connectivity index (χ0n) is 23.6. The number of hydrogen-bond acceptors (Lipinski definition) is 10. The molecule has 2 atom stereocenters. The first-order valence-electron chi connectivity index (χ1n) is 13.0. The first-order valence-corrected chi connectivity index (χ1v) is 13.0. The lowest BCUT2D eigenvalue weighted by molar-refractivity contribution is -0.136. The van der Waals surface area contributed by atoms with Crippen LogP contribution >= 0.6 is 0 Å². The van der Waals surface area contributed by atoms with Gasteiger partial charge in [0.25, 0.3) is 0 Å². The zero-order chi connectivity index (χ0) is 29.8. The van der Waals surface area contributed by atoms with Crippen molar-refractivity contribution in [1.82, 2.24) is 16.1 Å². The third kappa shape index (κ3) is 8.39. The molecule has 4 N–H and O–H groups in total. The Morgan fingerprint density at radius 3 is 2.44 bits per heavy atom. The fourth-order valence-electron chi connectivity index (χ4n) is 3.96. The molecule has 3 rings (SSSR count). The molecule has 0 aromatic heterocycles. The van der Waals surface area contributed by atoms with E-state index in [4.69, 9.17) is 23.7 Å². The highest BCUT2D eigenvalue weighted by molar-refractivity contribution is 5.95. The highest BCUT2D eigenvalue weighted by Crippen LogP contribution is 2.35. The molecule has 2 aromatic rings. The highest BCUT2D eigenvalue weighted by atomic mass is 16.5. The Balaban J connectivity index is 1.67. The van der Waals surface area contributed by atoms with Crippen LogP contribution in [0.3, 0.4) is 0 Å². The zero-order valence-corrected chi connectivity index (χ0v) is 23.6. The Labute approximate surface area is 239 Å². The van der Waals surface area contributed by atoms with Gasteiger partial charge in [-0.2, -0.15) is 5.10 Å². The molecule has 0 unspecified atom stereocenters. The van der Waals surface area contributed by atoms with Crippen molar-refractivity contribution in [1.29, 1.82) is 0 Å². The average Bonchev–Trinajstić information content (AvgIpc) is 2.95. The maximum atomic E-state index is 12.4. The van der Waals surface area contributed by atoms with Gasteiger partial charge in [0, 0.05) is 5.70 Å². The summed E-state index contributed by atoms with van der Waals surface area (Å²) < 4.78 is 27.6. The molecular formula is C29H36N4O8. The number of allylic oxidation sites excluding steroid dienone is 1. The van der Waals surface area contributed by atoms with E-state index in [1.54, 1.807) is 49.4 Å². The number of nitrogens with zero attached hydrogens (tertiary/aromatic N) is 1. The van der Waals surface area contributed by atoms with Crippen molar-refractivity contribution in [3.63, 3.8) is 0 Å². The van der Waals surface area contributed by atoms with E-state index >= 15 is 0 Å². The Bertz CT molecular complexity index is 1290. The number of methoxy groups -OCH3 is 1. The number of aliphatic hydroxyl groups excluding tert-OH is 1. The minimum absolute atomic E-state index is 0.147. The van der Waals surface area contributed by atoms with Crippen LogP contribution in [0.25, 0.3) is 0 Å². The fourth-order valence-corrected chi connectivity index (χ4v) is 3.96. The molecule has 0 aliphatic carbocycles. The van der Waals surface area contributed by atoms with Crippen LogP contribution in [0, 0.1) is 0 Å². The van der Waals surface area contributed by atoms with E-state index in [2.05, 4.69) is 27.7 Å². The second-order valence-electron chi connectivity index (χ2n) is 8.65. The van der Waals surface area contributed by atoms with E-state index in [0.717, 1.165) is 5.56 Å². The van der Waals surface area contributed by atoms with E-state index < -0.39 is 24.3 Å². The average molecular weight is 569 g/mol. The number of hydrogen-bond donors (Lipinski definition) is 4. The number of nitrogens with one attached hydrogen (secondary N) is 3. The summed E-state index contributed by atoms with van der Waals surface area (Å²) in [6.45, 7) is 9.98. The summed E-state index contributed by atoms with van der Waals surface area (Å²) in [5, 5.41) is 19.8. The molecule has 0 fully saturated rings. The molecule has 1 aliphatic rings. The van der Waals surface area contributed by atoms with Crippen LogP contribution in [-0.4, -0.2) is 63.1 Å². The summed E-state index contributed by atoms with van der Waals surface area (Å²) in [7, 11) is 1.27. The first kappa shape index (κ1) is 30.8. The molecular weight excluding hydrogens is 532 g/mol. The van der Waals surface area contributed by atoms with Gasteiger partial charge in [-0.25, -0.2) is 9.59 Å². The lowest BCUT2D eigenvalue weighted by atomic mass is 9.95. The number of rotatable bonds is 15. The molecule has 0 radical (unpaired) electrons. The second-order valence-corrected chi connectivity index (χ2v) is 8.65. The molecule has 2 amide bonds. The maximum absolute atomic E-state index is 12.4. The van der Waals surface area contributed by atoms with Gasteiger partial charge in [0.05, 0.1) is 38.2 Å². The van der Waals surface area contributed by atoms with Gasteiger partial charge in [-0.15, -0.1) is 0 Å². The van der Waals surface area contributed by atoms with Crippen LogP contribution in [0.2, 0.25) is 0 Å². The fraction of sp³-hybridized carbons (Fsp3) is 0.345. The van der Waals surface area contributed by atoms with Crippen LogP contribution < -0.4 is 35.0 Å². The monoisotopic (exact) mass is 568 g/mol. The standard InChI is InChI=1S/C29H36N4O8/c1-6-13-40-21-11-9-19(14-23(21)38-7-2)16-30-33-25(34)17-41-22-12-10-20(15-24(22)39-8-3)27-26(28(35)37-5)18(4)31-29(36)32-27/h6,9-12,14-16,25,27,33-34H,1,7-8,13,17H2,2-5H3,(H2,31,32,36)/b30-16-/t25-,27-/m1/s1. The topological polar surface area (TPSA) is 149 Å². The molecule has 0 saturated carbocycles. The maximum Gasteiger partial charge on any atom is 0.337 e. The third-order valence-corrected chi connectivity index (χ3v) is 5.73. The summed E-state index contributed by atoms with van der Waals surface area (Å²) in [4.78, 5) is 24.5. The Morgan fingerprint density at radius 2 is 1.76 bits per heavy atom. The molecule has 1 heterocycles. The van der Waals surface area contributed by atoms with Crippen molar-refractivity contribution in [2.45, 2.75) is 33.0 Å². The van der Waals surface area contributed by atoms with Gasteiger partial charge < -0.3 is 39.4 Å². The van der Waals surface area contributed by atoms with Gasteiger partial charge >= 0.3 is 12.0 Å². The number of aliphatic hydroxyl groups is 1. The molecule has 0 saturated heterocycles. The Kier molecular flexibility index (Phi) is 11.4. The Morgan fingerprint density at radius 1 is 1.07 bits per heavy atom. The van der Waals surface area contributed by atoms with Gasteiger partial charge in [-0.1, -0.05) is 18.7 Å². The summed E-state index contributed by atoms with van der Waals surface area (Å²) in [5.74, 6) is 1.33. The number of esters is 1. The van der Waals surface area contributed by atoms with Crippen LogP contribution in [-0.2, 0) is 9.53 Å². The molecule has 12 nitrogen and oxygen atoms in total. The van der Waals surface area contributed by atoms with Gasteiger partial charge in [0.15, 0.2) is 29.2 Å². The quantitative estimate of drug-likeness (QED) is 0.0836. The number of carbonyl (C=O) groups excluding carboxylic acids is 2. The van der Waals surface area contributed by atoms with Crippen molar-refractivity contribution in [3.05, 3.63) is 71.5 Å². The third-order valence-electron chi connectivity index (χ3n) is 5.73. The van der Waals surface area contributed by atoms with Crippen molar-refractivity contribution >= 4 is 18.2 Å². The van der Waals surface area contributed by atoms with Crippen molar-refractivity contribution in [3.8, 4) is 23.0 Å². The smallest absolute Gasteiger partial charge is 0.337 e. The Hall–Kier alpha value is -4.71. The van der Waals surface area contributed by atoms with Crippen molar-refractivity contribution < 1.29 is 38.4 Å². The van der Waals surface area contributed by atoms with E-state index in [0.29, 0.717) is 54.1 Å². The minimum Gasteiger partial charge on any atom is -0.490 e. The van der Waals surface area contributed by atoms with Crippen molar-refractivity contribution in [2.75, 3.05) is 33.5 Å². The number of benzene rings is 2. The van der Waals surface area contributed by atoms with Crippen LogP contribution in [0.1, 0.15) is 37.9 Å². The van der Waals surface area contributed by atoms with Crippen molar-refractivity contribution in [2.24, 2.45) is 5.10 Å². The highest BCUT2D eigenvalue weighted by Gasteiger charge is 2.32. The molecule has 41 heavy (non-hydrogen) atoms. The molecule has 0 bridgehead atoms. The number of carbonyl (C=O) groups is 2. The van der Waals surface area contributed by atoms with Crippen LogP contribution in [0.4, 0.5) is 4.79 Å². The van der Waals surface area contributed by atoms with Crippen LogP contribution in [0.5, 0.6) is 23.0 Å². The molecule has 12 heteroatoms. The second kappa shape index (κ2) is 15.2.